The van der Waals surface area contributed by atoms with Crippen LogP contribution in [0.25, 0.3) is 86.3 Å². The first kappa shape index (κ1) is 26.3. The fraction of sp³-hybridized carbons (Fsp3) is 0.0465. The third-order valence-electron chi connectivity index (χ3n) is 9.86. The van der Waals surface area contributed by atoms with Crippen LogP contribution in [0.1, 0.15) is 12.8 Å². The van der Waals surface area contributed by atoms with E-state index in [1.54, 1.807) is 0 Å². The van der Waals surface area contributed by atoms with Gasteiger partial charge < -0.3 is 9.13 Å². The van der Waals surface area contributed by atoms with Gasteiger partial charge in [-0.25, -0.2) is 0 Å². The molecule has 0 spiro atoms. The summed E-state index contributed by atoms with van der Waals surface area (Å²) in [6, 6.07) is 49.1. The molecular weight excluding hydrogens is 591 g/mol. The van der Waals surface area contributed by atoms with Gasteiger partial charge >= 0.3 is 0 Å². The number of aromatic nitrogens is 2. The van der Waals surface area contributed by atoms with Crippen LogP contribution in [-0.4, -0.2) is 9.13 Å². The average Bonchev–Trinajstić information content (AvgIpc) is 3.79. The lowest BCUT2D eigenvalue weighted by Gasteiger charge is -2.15. The van der Waals surface area contributed by atoms with Crippen molar-refractivity contribution >= 4 is 80.8 Å². The number of para-hydroxylation sites is 2. The number of benzene rings is 6. The predicted molar refractivity (Wildman–Crippen MR) is 199 cm³/mol. The molecule has 10 rings (SSSR count). The number of nitrogens with zero attached hydrogens (tertiary/aromatic N) is 3. The van der Waals surface area contributed by atoms with E-state index >= 15 is 0 Å². The number of hydrogen-bond donors (Lipinski definition) is 0. The summed E-state index contributed by atoms with van der Waals surface area (Å²) in [5, 5.41) is 17.0. The van der Waals surface area contributed by atoms with Crippen molar-refractivity contribution < 1.29 is 0 Å². The minimum Gasteiger partial charge on any atom is -0.313 e. The molecule has 220 valence electrons. The molecule has 3 heterocycles. The molecule has 0 aliphatic heterocycles. The molecular formula is C43H27N3S. The molecule has 9 aromatic rings. The lowest BCUT2D eigenvalue weighted by Crippen LogP contribution is -2.00. The van der Waals surface area contributed by atoms with E-state index in [1.165, 1.54) is 86.3 Å². The van der Waals surface area contributed by atoms with Gasteiger partial charge in [-0.05, 0) is 84.7 Å². The summed E-state index contributed by atoms with van der Waals surface area (Å²) in [4.78, 5) is 0. The van der Waals surface area contributed by atoms with Crippen LogP contribution in [0, 0.1) is 11.3 Å². The average molecular weight is 618 g/mol. The molecule has 4 heteroatoms. The van der Waals surface area contributed by atoms with Crippen LogP contribution in [0.4, 0.5) is 0 Å². The summed E-state index contributed by atoms with van der Waals surface area (Å²) >= 11 is 1.87. The summed E-state index contributed by atoms with van der Waals surface area (Å²) in [5.41, 5.74) is 10.5. The first-order valence-electron chi connectivity index (χ1n) is 16.0. The highest BCUT2D eigenvalue weighted by molar-refractivity contribution is 7.26. The van der Waals surface area contributed by atoms with Crippen molar-refractivity contribution in [2.24, 2.45) is 0 Å². The molecule has 47 heavy (non-hydrogen) atoms. The van der Waals surface area contributed by atoms with Gasteiger partial charge in [0.25, 0.3) is 0 Å². The summed E-state index contributed by atoms with van der Waals surface area (Å²) in [6.07, 6.45) is 5.72. The van der Waals surface area contributed by atoms with Crippen LogP contribution in [0.15, 0.2) is 145 Å². The highest BCUT2D eigenvalue weighted by Crippen LogP contribution is 2.42. The Hall–Kier alpha value is -5.89. The Morgan fingerprint density at radius 2 is 1.11 bits per heavy atom. The fourth-order valence-corrected chi connectivity index (χ4v) is 8.89. The normalized spacial score (nSPS) is 13.6. The molecule has 0 fully saturated rings. The largest absolute Gasteiger partial charge is 0.313 e. The van der Waals surface area contributed by atoms with Gasteiger partial charge in [0.1, 0.15) is 0 Å². The Morgan fingerprint density at radius 1 is 0.511 bits per heavy atom. The Balaban J connectivity index is 1.17. The van der Waals surface area contributed by atoms with Crippen molar-refractivity contribution in [3.05, 3.63) is 145 Å². The highest BCUT2D eigenvalue weighted by atomic mass is 32.1. The number of nitriles is 1. The molecule has 0 amide bonds. The number of hydrogen-bond acceptors (Lipinski definition) is 2. The second-order valence-electron chi connectivity index (χ2n) is 12.4. The van der Waals surface area contributed by atoms with Crippen molar-refractivity contribution in [3.63, 3.8) is 0 Å². The number of thiophene rings is 1. The minimum atomic E-state index is 0.777. The van der Waals surface area contributed by atoms with E-state index in [0.29, 0.717) is 0 Å². The standard InChI is InChI=1S/C43H27N3S/c44-26-27-16-20-30(21-17-27)45-37-12-4-1-8-31(37)35-24-28(18-22-39(35)45)29-19-23-40-36(25-29)32-9-2-5-13-38(32)46(40)41-14-7-11-34-33-10-3-6-15-42(33)47-43(34)41/h1-16,18-20,22-25H,17,21H2. The maximum absolute atomic E-state index is 9.39. The smallest absolute Gasteiger partial charge is 0.0947 e. The van der Waals surface area contributed by atoms with E-state index in [4.69, 9.17) is 0 Å². The van der Waals surface area contributed by atoms with Crippen molar-refractivity contribution in [2.45, 2.75) is 12.8 Å². The first-order valence-corrected chi connectivity index (χ1v) is 16.9. The molecule has 1 aliphatic carbocycles. The van der Waals surface area contributed by atoms with E-state index in [0.717, 1.165) is 18.4 Å². The van der Waals surface area contributed by atoms with Gasteiger partial charge in [0.05, 0.1) is 38.5 Å². The Kier molecular flexibility index (Phi) is 5.64. The van der Waals surface area contributed by atoms with Crippen LogP contribution in [0.3, 0.4) is 0 Å². The molecule has 6 aromatic carbocycles. The molecule has 3 aromatic heterocycles. The molecule has 0 N–H and O–H groups in total. The van der Waals surface area contributed by atoms with Crippen LogP contribution in [0.2, 0.25) is 0 Å². The molecule has 0 saturated carbocycles. The maximum atomic E-state index is 9.39. The third kappa shape index (κ3) is 3.84. The van der Waals surface area contributed by atoms with Crippen molar-refractivity contribution in [3.8, 4) is 22.9 Å². The molecule has 0 bridgehead atoms. The van der Waals surface area contributed by atoms with Crippen molar-refractivity contribution in [2.75, 3.05) is 0 Å². The monoisotopic (exact) mass is 617 g/mol. The summed E-state index contributed by atoms with van der Waals surface area (Å²) in [5.74, 6) is 0. The summed E-state index contributed by atoms with van der Waals surface area (Å²) < 4.78 is 7.46. The highest BCUT2D eigenvalue weighted by Gasteiger charge is 2.19. The number of allylic oxidation sites excluding steroid dienone is 4. The second-order valence-corrected chi connectivity index (χ2v) is 13.4. The van der Waals surface area contributed by atoms with Gasteiger partial charge in [-0.3, -0.25) is 0 Å². The van der Waals surface area contributed by atoms with E-state index in [1.807, 2.05) is 17.4 Å². The summed E-state index contributed by atoms with van der Waals surface area (Å²) in [6.45, 7) is 0. The van der Waals surface area contributed by atoms with Gasteiger partial charge in [0.2, 0.25) is 0 Å². The topological polar surface area (TPSA) is 33.6 Å². The molecule has 0 unspecified atom stereocenters. The SMILES string of the molecule is N#CC1=CC=C(n2c3ccccc3c3cc(-c4ccc5c(c4)c4ccccc4n5-c4cccc5c4sc4ccccc45)ccc32)CC1. The number of fused-ring (bicyclic) bond motifs is 9. The van der Waals surface area contributed by atoms with Gasteiger partial charge in [0.15, 0.2) is 0 Å². The molecule has 0 saturated heterocycles. The van der Waals surface area contributed by atoms with Crippen molar-refractivity contribution in [1.82, 2.24) is 9.13 Å². The Labute approximate surface area is 275 Å². The zero-order chi connectivity index (χ0) is 31.1. The van der Waals surface area contributed by atoms with Gasteiger partial charge in [-0.15, -0.1) is 11.3 Å². The minimum absolute atomic E-state index is 0.777. The fourth-order valence-electron chi connectivity index (χ4n) is 7.69. The zero-order valence-electron chi connectivity index (χ0n) is 25.4. The van der Waals surface area contributed by atoms with Gasteiger partial charge in [0, 0.05) is 48.3 Å². The second kappa shape index (κ2) is 10.1. The van der Waals surface area contributed by atoms with Gasteiger partial charge in [-0.2, -0.15) is 5.26 Å². The molecule has 0 radical (unpaired) electrons. The summed E-state index contributed by atoms with van der Waals surface area (Å²) in [7, 11) is 0. The third-order valence-corrected chi connectivity index (χ3v) is 11.1. The van der Waals surface area contributed by atoms with E-state index in [9.17, 15) is 5.26 Å². The number of rotatable bonds is 3. The Bertz CT molecular complexity index is 2870. The van der Waals surface area contributed by atoms with Crippen molar-refractivity contribution in [1.29, 1.82) is 5.26 Å². The predicted octanol–water partition coefficient (Wildman–Crippen LogP) is 12.0. The van der Waals surface area contributed by atoms with E-state index in [2.05, 4.69) is 149 Å². The van der Waals surface area contributed by atoms with Crippen LogP contribution in [-0.2, 0) is 0 Å². The molecule has 0 atom stereocenters. The van der Waals surface area contributed by atoms with Crippen LogP contribution >= 0.6 is 11.3 Å². The van der Waals surface area contributed by atoms with Crippen LogP contribution < -0.4 is 0 Å². The maximum Gasteiger partial charge on any atom is 0.0947 e. The lowest BCUT2D eigenvalue weighted by molar-refractivity contribution is 0.951. The van der Waals surface area contributed by atoms with E-state index in [-0.39, 0.29) is 0 Å². The lowest BCUT2D eigenvalue weighted by atomic mass is 10.0. The molecule has 1 aliphatic rings. The van der Waals surface area contributed by atoms with Crippen LogP contribution in [0.5, 0.6) is 0 Å². The first-order chi connectivity index (χ1) is 23.3. The van der Waals surface area contributed by atoms with Gasteiger partial charge in [-0.1, -0.05) is 78.9 Å². The Morgan fingerprint density at radius 3 is 1.79 bits per heavy atom. The molecule has 3 nitrogen and oxygen atoms in total. The quantitative estimate of drug-likeness (QED) is 0.194. The van der Waals surface area contributed by atoms with E-state index < -0.39 is 0 Å². The zero-order valence-corrected chi connectivity index (χ0v) is 26.3.